The number of rotatable bonds is 8. The second-order valence-electron chi connectivity index (χ2n) is 9.38. The van der Waals surface area contributed by atoms with E-state index in [4.69, 9.17) is 9.47 Å². The van der Waals surface area contributed by atoms with E-state index in [1.807, 2.05) is 0 Å². The van der Waals surface area contributed by atoms with E-state index in [1.54, 1.807) is 0 Å². The van der Waals surface area contributed by atoms with Gasteiger partial charge in [-0.1, -0.05) is 12.1 Å². The smallest absolute Gasteiger partial charge is 0.490 e. The second-order valence-corrected chi connectivity index (χ2v) is 10.9. The van der Waals surface area contributed by atoms with E-state index in [1.165, 1.54) is 24.3 Å². The molecular formula is C25H26F3NO9S. The van der Waals surface area contributed by atoms with Crippen molar-refractivity contribution in [2.45, 2.75) is 67.8 Å². The predicted molar refractivity (Wildman–Crippen MR) is 127 cm³/mol. The lowest BCUT2D eigenvalue weighted by Crippen LogP contribution is -2.55. The zero-order valence-corrected chi connectivity index (χ0v) is 21.1. The number of aliphatic hydroxyl groups excluding tert-OH is 4. The summed E-state index contributed by atoms with van der Waals surface area (Å²) in [6.45, 7) is -0.637. The molecule has 0 spiro atoms. The number of halogens is 3. The highest BCUT2D eigenvalue weighted by Gasteiger charge is 2.48. The van der Waals surface area contributed by atoms with E-state index in [2.05, 4.69) is 10.3 Å². The average molecular weight is 574 g/mol. The number of benzene rings is 2. The molecule has 0 aromatic heterocycles. The van der Waals surface area contributed by atoms with Crippen LogP contribution < -0.4 is 8.92 Å². The Balaban J connectivity index is 1.67. The topological polar surface area (TPSA) is 167 Å². The fraction of sp³-hybridized carbons (Fsp3) is 0.480. The van der Waals surface area contributed by atoms with Crippen molar-refractivity contribution in [1.29, 1.82) is 5.26 Å². The first-order valence-corrected chi connectivity index (χ1v) is 13.4. The molecule has 1 heterocycles. The summed E-state index contributed by atoms with van der Waals surface area (Å²) < 4.78 is 76.1. The first kappa shape index (κ1) is 29.1. The van der Waals surface area contributed by atoms with Crippen LogP contribution in [0.3, 0.4) is 0 Å². The van der Waals surface area contributed by atoms with Crippen molar-refractivity contribution in [2.24, 2.45) is 0 Å². The van der Waals surface area contributed by atoms with E-state index in [9.17, 15) is 47.3 Å². The number of aliphatic hydroxyl groups is 4. The Hall–Kier alpha value is -2.93. The van der Waals surface area contributed by atoms with Crippen molar-refractivity contribution in [3.8, 4) is 17.6 Å². The molecular weight excluding hydrogens is 547 g/mol. The first-order valence-electron chi connectivity index (χ1n) is 12.0. The highest BCUT2D eigenvalue weighted by atomic mass is 32.2. The molecule has 2 aromatic carbocycles. The van der Waals surface area contributed by atoms with Crippen molar-refractivity contribution >= 4 is 10.1 Å². The van der Waals surface area contributed by atoms with E-state index >= 15 is 0 Å². The van der Waals surface area contributed by atoms with Gasteiger partial charge in [0.1, 0.15) is 42.0 Å². The van der Waals surface area contributed by atoms with Gasteiger partial charge in [0.05, 0.1) is 24.3 Å². The van der Waals surface area contributed by atoms with Gasteiger partial charge in [0.15, 0.2) is 0 Å². The lowest BCUT2D eigenvalue weighted by atomic mass is 9.88. The Morgan fingerprint density at radius 1 is 1.05 bits per heavy atom. The predicted octanol–water partition coefficient (Wildman–Crippen LogP) is 1.82. The zero-order chi connectivity index (χ0) is 28.5. The van der Waals surface area contributed by atoms with Crippen LogP contribution in [0.15, 0.2) is 36.4 Å². The van der Waals surface area contributed by atoms with Crippen molar-refractivity contribution in [1.82, 2.24) is 0 Å². The highest BCUT2D eigenvalue weighted by Crippen LogP contribution is 2.40. The lowest BCUT2D eigenvalue weighted by Gasteiger charge is -2.41. The molecule has 2 aliphatic rings. The zero-order valence-electron chi connectivity index (χ0n) is 20.3. The van der Waals surface area contributed by atoms with Crippen LogP contribution in [0, 0.1) is 11.3 Å². The fourth-order valence-corrected chi connectivity index (χ4v) is 4.76. The standard InChI is InChI=1S/C25H26F3NO9S/c26-25(27,28)39(34,35)38-17-6-4-13(5-7-17)8-14-9-18(19(10-15(14)11-29)36-16-2-1-3-16)24-23(33)22(32)21(31)20(12-30)37-24/h4-7,9-10,16,20-24,30-33H,1-3,8,12H2/t20-,21-,22+,23-,24+/m1/s1. The molecule has 4 rings (SSSR count). The van der Waals surface area contributed by atoms with Crippen LogP contribution in [0.25, 0.3) is 0 Å². The van der Waals surface area contributed by atoms with Gasteiger partial charge in [-0.05, 0) is 61.1 Å². The summed E-state index contributed by atoms with van der Waals surface area (Å²) >= 11 is 0. The summed E-state index contributed by atoms with van der Waals surface area (Å²) in [5.41, 5.74) is -4.24. The molecule has 0 bridgehead atoms. The molecule has 2 fully saturated rings. The molecule has 10 nitrogen and oxygen atoms in total. The third-order valence-corrected chi connectivity index (χ3v) is 7.69. The van der Waals surface area contributed by atoms with E-state index in [0.29, 0.717) is 11.1 Å². The summed E-state index contributed by atoms with van der Waals surface area (Å²) in [5, 5.41) is 50.6. The van der Waals surface area contributed by atoms with Crippen LogP contribution in [-0.2, 0) is 21.3 Å². The van der Waals surface area contributed by atoms with Gasteiger partial charge < -0.3 is 34.1 Å². The number of ether oxygens (including phenoxy) is 2. The van der Waals surface area contributed by atoms with Crippen LogP contribution in [0.5, 0.6) is 11.5 Å². The third kappa shape index (κ3) is 6.13. The monoisotopic (exact) mass is 573 g/mol. The fourth-order valence-electron chi connectivity index (χ4n) is 4.30. The molecule has 212 valence electrons. The minimum absolute atomic E-state index is 0.0589. The summed E-state index contributed by atoms with van der Waals surface area (Å²) in [6.07, 6.45) is -4.79. The molecule has 0 radical (unpaired) electrons. The van der Waals surface area contributed by atoms with E-state index in [0.717, 1.165) is 31.4 Å². The van der Waals surface area contributed by atoms with Crippen molar-refractivity contribution in [3.05, 3.63) is 58.7 Å². The van der Waals surface area contributed by atoms with Gasteiger partial charge in [-0.3, -0.25) is 0 Å². The van der Waals surface area contributed by atoms with Gasteiger partial charge in [-0.15, -0.1) is 0 Å². The van der Waals surface area contributed by atoms with E-state index < -0.39 is 58.5 Å². The normalized spacial score (nSPS) is 25.9. The Labute approximate surface area is 221 Å². The van der Waals surface area contributed by atoms with Crippen molar-refractivity contribution < 1.29 is 55.7 Å². The maximum absolute atomic E-state index is 12.6. The molecule has 0 unspecified atom stereocenters. The van der Waals surface area contributed by atoms with E-state index in [-0.39, 0.29) is 29.4 Å². The van der Waals surface area contributed by atoms with Gasteiger partial charge in [-0.2, -0.15) is 26.9 Å². The quantitative estimate of drug-likeness (QED) is 0.270. The number of hydrogen-bond acceptors (Lipinski definition) is 10. The molecule has 5 atom stereocenters. The Morgan fingerprint density at radius 2 is 1.72 bits per heavy atom. The molecule has 0 amide bonds. The number of nitrogens with zero attached hydrogens (tertiary/aromatic N) is 1. The van der Waals surface area contributed by atoms with Crippen molar-refractivity contribution in [2.75, 3.05) is 6.61 Å². The van der Waals surface area contributed by atoms with Gasteiger partial charge in [-0.25, -0.2) is 0 Å². The van der Waals surface area contributed by atoms with Crippen LogP contribution in [0.1, 0.15) is 47.6 Å². The highest BCUT2D eigenvalue weighted by molar-refractivity contribution is 7.88. The lowest BCUT2D eigenvalue weighted by molar-refractivity contribution is -0.232. The second kappa shape index (κ2) is 11.3. The Morgan fingerprint density at radius 3 is 2.26 bits per heavy atom. The summed E-state index contributed by atoms with van der Waals surface area (Å²) in [4.78, 5) is 0. The summed E-state index contributed by atoms with van der Waals surface area (Å²) in [6, 6.07) is 9.78. The molecule has 1 saturated carbocycles. The maximum atomic E-state index is 12.6. The third-order valence-electron chi connectivity index (χ3n) is 6.71. The molecule has 1 saturated heterocycles. The summed E-state index contributed by atoms with van der Waals surface area (Å²) in [7, 11) is -5.83. The van der Waals surface area contributed by atoms with Crippen LogP contribution in [0.4, 0.5) is 13.2 Å². The molecule has 14 heteroatoms. The maximum Gasteiger partial charge on any atom is 0.534 e. The minimum atomic E-state index is -5.83. The molecule has 39 heavy (non-hydrogen) atoms. The Kier molecular flexibility index (Phi) is 8.41. The average Bonchev–Trinajstić information content (AvgIpc) is 2.86. The van der Waals surface area contributed by atoms with Crippen LogP contribution in [0.2, 0.25) is 0 Å². The largest absolute Gasteiger partial charge is 0.534 e. The molecule has 2 aromatic rings. The van der Waals surface area contributed by atoms with Crippen LogP contribution in [-0.4, -0.2) is 71.5 Å². The minimum Gasteiger partial charge on any atom is -0.490 e. The number of alkyl halides is 3. The SMILES string of the molecule is N#Cc1cc(OC2CCC2)c([C@@H]2O[C@H](CO)[C@@H](O)[C@H](O)[C@H]2O)cc1Cc1ccc(OS(=O)(=O)C(F)(F)F)cc1. The van der Waals surface area contributed by atoms with Gasteiger partial charge in [0.2, 0.25) is 0 Å². The van der Waals surface area contributed by atoms with Gasteiger partial charge >= 0.3 is 15.6 Å². The van der Waals surface area contributed by atoms with Gasteiger partial charge in [0.25, 0.3) is 0 Å². The molecule has 1 aliphatic heterocycles. The Bertz CT molecular complexity index is 1320. The van der Waals surface area contributed by atoms with Crippen molar-refractivity contribution in [3.63, 3.8) is 0 Å². The molecule has 4 N–H and O–H groups in total. The van der Waals surface area contributed by atoms with Crippen LogP contribution >= 0.6 is 0 Å². The first-order chi connectivity index (χ1) is 18.3. The molecule has 1 aliphatic carbocycles. The number of nitriles is 1. The summed E-state index contributed by atoms with van der Waals surface area (Å²) in [5.74, 6) is -0.326. The van der Waals surface area contributed by atoms with Gasteiger partial charge in [0, 0.05) is 5.56 Å². The number of hydrogen-bond donors (Lipinski definition) is 4.